The number of rotatable bonds is 3. The highest BCUT2D eigenvalue weighted by atomic mass is 32.2. The van der Waals surface area contributed by atoms with Crippen molar-refractivity contribution in [3.8, 4) is 0 Å². The highest BCUT2D eigenvalue weighted by Crippen LogP contribution is 2.33. The molecule has 1 aliphatic rings. The average Bonchev–Trinajstić information content (AvgIpc) is 2.37. The van der Waals surface area contributed by atoms with Crippen LogP contribution >= 0.6 is 11.8 Å². The Labute approximate surface area is 131 Å². The Morgan fingerprint density at radius 2 is 1.95 bits per heavy atom. The Balaban J connectivity index is 2.44. The van der Waals surface area contributed by atoms with E-state index in [9.17, 15) is 13.5 Å². The Morgan fingerprint density at radius 1 is 1.29 bits per heavy atom. The molecule has 2 rings (SSSR count). The number of aliphatic hydroxyl groups excluding tert-OH is 1. The number of benzene rings is 1. The van der Waals surface area contributed by atoms with Gasteiger partial charge in [-0.1, -0.05) is 6.07 Å². The molecular weight excluding hydrogens is 306 g/mol. The van der Waals surface area contributed by atoms with E-state index in [4.69, 9.17) is 0 Å². The summed E-state index contributed by atoms with van der Waals surface area (Å²) in [6.07, 6.45) is 0. The number of nitrogens with zero attached hydrogens (tertiary/aromatic N) is 1. The molecule has 1 saturated heterocycles. The van der Waals surface area contributed by atoms with Crippen LogP contribution in [0.25, 0.3) is 0 Å². The van der Waals surface area contributed by atoms with E-state index in [1.807, 2.05) is 19.9 Å². The zero-order valence-corrected chi connectivity index (χ0v) is 14.6. The fourth-order valence-electron chi connectivity index (χ4n) is 2.64. The molecule has 118 valence electrons. The van der Waals surface area contributed by atoms with Gasteiger partial charge in [0.15, 0.2) is 0 Å². The van der Waals surface area contributed by atoms with Crippen LogP contribution in [0.4, 0.5) is 0 Å². The maximum Gasteiger partial charge on any atom is 0.243 e. The van der Waals surface area contributed by atoms with Gasteiger partial charge in [0.05, 0.1) is 11.5 Å². The molecule has 0 atom stereocenters. The average molecular weight is 329 g/mol. The number of aryl methyl sites for hydroxylation is 2. The lowest BCUT2D eigenvalue weighted by Gasteiger charge is -2.37. The number of hydrogen-bond acceptors (Lipinski definition) is 4. The molecule has 1 aromatic carbocycles. The highest BCUT2D eigenvalue weighted by Gasteiger charge is 2.35. The molecule has 0 amide bonds. The van der Waals surface area contributed by atoms with Gasteiger partial charge in [-0.15, -0.1) is 0 Å². The molecular formula is C15H23NO3S2. The van der Waals surface area contributed by atoms with Crippen LogP contribution in [0, 0.1) is 13.8 Å². The van der Waals surface area contributed by atoms with Crippen molar-refractivity contribution in [1.29, 1.82) is 0 Å². The summed E-state index contributed by atoms with van der Waals surface area (Å²) in [7, 11) is -3.50. The number of sulfonamides is 1. The van der Waals surface area contributed by atoms with E-state index in [-0.39, 0.29) is 11.4 Å². The van der Waals surface area contributed by atoms with Gasteiger partial charge in [0.1, 0.15) is 0 Å². The predicted molar refractivity (Wildman–Crippen MR) is 87.1 cm³/mol. The van der Waals surface area contributed by atoms with Crippen molar-refractivity contribution < 1.29 is 13.5 Å². The fourth-order valence-corrected chi connectivity index (χ4v) is 5.81. The molecule has 4 nitrogen and oxygen atoms in total. The normalized spacial score (nSPS) is 19.7. The monoisotopic (exact) mass is 329 g/mol. The van der Waals surface area contributed by atoms with E-state index in [0.29, 0.717) is 23.5 Å². The first-order chi connectivity index (χ1) is 9.67. The minimum absolute atomic E-state index is 0.0657. The maximum absolute atomic E-state index is 12.9. The van der Waals surface area contributed by atoms with Crippen LogP contribution in [0.3, 0.4) is 0 Å². The van der Waals surface area contributed by atoms with Crippen LogP contribution in [0.2, 0.25) is 0 Å². The molecule has 1 fully saturated rings. The largest absolute Gasteiger partial charge is 0.392 e. The molecule has 0 aliphatic carbocycles. The van der Waals surface area contributed by atoms with Crippen LogP contribution < -0.4 is 0 Å². The lowest BCUT2D eigenvalue weighted by molar-refractivity contribution is 0.280. The Bertz CT molecular complexity index is 639. The van der Waals surface area contributed by atoms with Gasteiger partial charge in [0.2, 0.25) is 10.0 Å². The van der Waals surface area contributed by atoms with E-state index in [2.05, 4.69) is 13.8 Å². The SMILES string of the molecule is Cc1cc(C)c(S(=O)(=O)N2CCSC(C)(C)C2)cc1CO. The molecule has 0 spiro atoms. The second kappa shape index (κ2) is 5.91. The number of hydrogen-bond donors (Lipinski definition) is 1. The van der Waals surface area contributed by atoms with Crippen molar-refractivity contribution in [1.82, 2.24) is 4.31 Å². The third-order valence-electron chi connectivity index (χ3n) is 3.81. The van der Waals surface area contributed by atoms with Gasteiger partial charge in [-0.3, -0.25) is 0 Å². The zero-order valence-electron chi connectivity index (χ0n) is 13.0. The van der Waals surface area contributed by atoms with Crippen molar-refractivity contribution in [2.24, 2.45) is 0 Å². The van der Waals surface area contributed by atoms with Crippen LogP contribution in [0.1, 0.15) is 30.5 Å². The molecule has 1 heterocycles. The quantitative estimate of drug-likeness (QED) is 0.924. The smallest absolute Gasteiger partial charge is 0.243 e. The van der Waals surface area contributed by atoms with Gasteiger partial charge in [-0.25, -0.2) is 8.42 Å². The third kappa shape index (κ3) is 3.44. The van der Waals surface area contributed by atoms with Gasteiger partial charge in [0, 0.05) is 23.6 Å². The first-order valence-electron chi connectivity index (χ1n) is 7.02. The molecule has 0 aromatic heterocycles. The molecule has 0 bridgehead atoms. The van der Waals surface area contributed by atoms with Gasteiger partial charge < -0.3 is 5.11 Å². The summed E-state index contributed by atoms with van der Waals surface area (Å²) in [4.78, 5) is 0.319. The minimum Gasteiger partial charge on any atom is -0.392 e. The van der Waals surface area contributed by atoms with E-state index in [0.717, 1.165) is 16.9 Å². The van der Waals surface area contributed by atoms with Crippen molar-refractivity contribution in [2.75, 3.05) is 18.8 Å². The van der Waals surface area contributed by atoms with Crippen molar-refractivity contribution in [3.63, 3.8) is 0 Å². The van der Waals surface area contributed by atoms with Gasteiger partial charge in [-0.2, -0.15) is 16.1 Å². The van der Waals surface area contributed by atoms with E-state index < -0.39 is 10.0 Å². The first-order valence-corrected chi connectivity index (χ1v) is 9.45. The Kier molecular flexibility index (Phi) is 4.73. The second-order valence-electron chi connectivity index (χ2n) is 6.15. The molecule has 6 heteroatoms. The topological polar surface area (TPSA) is 57.6 Å². The van der Waals surface area contributed by atoms with Gasteiger partial charge in [-0.05, 0) is 50.5 Å². The maximum atomic E-state index is 12.9. The molecule has 1 N–H and O–H groups in total. The first kappa shape index (κ1) is 16.8. The minimum atomic E-state index is -3.50. The van der Waals surface area contributed by atoms with Crippen LogP contribution in [0.15, 0.2) is 17.0 Å². The Hall–Kier alpha value is -0.560. The summed E-state index contributed by atoms with van der Waals surface area (Å²) in [6, 6.07) is 3.46. The third-order valence-corrected chi connectivity index (χ3v) is 7.10. The summed E-state index contributed by atoms with van der Waals surface area (Å²) in [5.41, 5.74) is 2.33. The van der Waals surface area contributed by atoms with Gasteiger partial charge in [0.25, 0.3) is 0 Å². The predicted octanol–water partition coefficient (Wildman–Crippen LogP) is 2.31. The lowest BCUT2D eigenvalue weighted by atomic mass is 10.1. The van der Waals surface area contributed by atoms with E-state index in [1.54, 1.807) is 22.1 Å². The molecule has 0 radical (unpaired) electrons. The number of aliphatic hydroxyl groups is 1. The van der Waals surface area contributed by atoms with E-state index >= 15 is 0 Å². The molecule has 0 unspecified atom stereocenters. The molecule has 0 saturated carbocycles. The standard InChI is InChI=1S/C15H23NO3S2/c1-11-7-12(2)14(8-13(11)9-17)21(18,19)16-5-6-20-15(3,4)10-16/h7-8,17H,5-6,9-10H2,1-4H3. The summed E-state index contributed by atoms with van der Waals surface area (Å²) in [5.74, 6) is 0.810. The van der Waals surface area contributed by atoms with Crippen molar-refractivity contribution in [3.05, 3.63) is 28.8 Å². The van der Waals surface area contributed by atoms with Crippen molar-refractivity contribution in [2.45, 2.75) is 43.9 Å². The fraction of sp³-hybridized carbons (Fsp3) is 0.600. The summed E-state index contributed by atoms with van der Waals surface area (Å²) < 4.78 is 27.3. The second-order valence-corrected chi connectivity index (χ2v) is 9.86. The number of thioether (sulfide) groups is 1. The molecule has 1 aromatic rings. The van der Waals surface area contributed by atoms with Crippen LogP contribution in [-0.4, -0.2) is 41.4 Å². The van der Waals surface area contributed by atoms with Crippen molar-refractivity contribution >= 4 is 21.8 Å². The van der Waals surface area contributed by atoms with Crippen LogP contribution in [-0.2, 0) is 16.6 Å². The molecule has 21 heavy (non-hydrogen) atoms. The van der Waals surface area contributed by atoms with Crippen LogP contribution in [0.5, 0.6) is 0 Å². The highest BCUT2D eigenvalue weighted by molar-refractivity contribution is 8.00. The van der Waals surface area contributed by atoms with Gasteiger partial charge >= 0.3 is 0 Å². The summed E-state index contributed by atoms with van der Waals surface area (Å²) >= 11 is 1.80. The molecule has 1 aliphatic heterocycles. The van der Waals surface area contributed by atoms with E-state index in [1.165, 1.54) is 0 Å². The summed E-state index contributed by atoms with van der Waals surface area (Å²) in [5, 5.41) is 9.38. The lowest BCUT2D eigenvalue weighted by Crippen LogP contribution is -2.46. The summed E-state index contributed by atoms with van der Waals surface area (Å²) in [6.45, 7) is 8.75. The zero-order chi connectivity index (χ0) is 15.8. The Morgan fingerprint density at radius 3 is 2.52 bits per heavy atom.